The van der Waals surface area contributed by atoms with E-state index in [1.807, 2.05) is 80.6 Å². The van der Waals surface area contributed by atoms with Crippen LogP contribution in [0.2, 0.25) is 0 Å². The van der Waals surface area contributed by atoms with Crippen LogP contribution in [0.15, 0.2) is 85.5 Å². The smallest absolute Gasteiger partial charge is 0.251 e. The van der Waals surface area contributed by atoms with Crippen LogP contribution in [0.25, 0.3) is 11.3 Å². The van der Waals surface area contributed by atoms with E-state index in [-0.39, 0.29) is 5.91 Å². The second kappa shape index (κ2) is 9.10. The van der Waals surface area contributed by atoms with Crippen molar-refractivity contribution in [2.24, 2.45) is 0 Å². The number of nitrogens with zero attached hydrogens (tertiary/aromatic N) is 3. The highest BCUT2D eigenvalue weighted by molar-refractivity contribution is 5.95. The van der Waals surface area contributed by atoms with Gasteiger partial charge < -0.3 is 5.32 Å². The molecular weight excluding hydrogens is 396 g/mol. The Hall–Kier alpha value is -3.86. The van der Waals surface area contributed by atoms with E-state index in [1.54, 1.807) is 12.4 Å². The van der Waals surface area contributed by atoms with Crippen LogP contribution in [0.3, 0.4) is 0 Å². The first-order chi connectivity index (χ1) is 15.4. The summed E-state index contributed by atoms with van der Waals surface area (Å²) in [4.78, 5) is 26.1. The molecule has 2 aromatic carbocycles. The molecule has 2 aromatic heterocycles. The molecule has 0 spiro atoms. The molecule has 1 amide bonds. The number of aromatic nitrogens is 3. The number of rotatable bonds is 6. The molecule has 0 unspecified atom stereocenters. The van der Waals surface area contributed by atoms with Gasteiger partial charge in [-0.2, -0.15) is 0 Å². The quantitative estimate of drug-likeness (QED) is 0.469. The van der Waals surface area contributed by atoms with E-state index < -0.39 is 5.54 Å². The standard InChI is InChI=1S/C27H26N4O/c1-19-11-12-20(26(32)31-27(2,3)22-8-5-4-6-9-22)16-21(19)17-25-23(10-7-14-29-25)24-13-15-28-18-30-24/h4-16,18H,17H2,1-3H3,(H,31,32). The second-order valence-corrected chi connectivity index (χ2v) is 8.36. The van der Waals surface area contributed by atoms with Crippen LogP contribution in [-0.2, 0) is 12.0 Å². The molecule has 0 aliphatic carbocycles. The van der Waals surface area contributed by atoms with Crippen molar-refractivity contribution in [3.05, 3.63) is 113 Å². The van der Waals surface area contributed by atoms with Gasteiger partial charge in [-0.1, -0.05) is 36.4 Å². The van der Waals surface area contributed by atoms with Gasteiger partial charge in [-0.15, -0.1) is 0 Å². The van der Waals surface area contributed by atoms with Crippen molar-refractivity contribution in [3.8, 4) is 11.3 Å². The third-order valence-electron chi connectivity index (χ3n) is 5.64. The van der Waals surface area contributed by atoms with Crippen LogP contribution in [0.5, 0.6) is 0 Å². The molecule has 1 N–H and O–H groups in total. The lowest BCUT2D eigenvalue weighted by atomic mass is 9.93. The molecule has 5 heteroatoms. The minimum Gasteiger partial charge on any atom is -0.343 e. The Morgan fingerprint density at radius 3 is 2.50 bits per heavy atom. The average Bonchev–Trinajstić information content (AvgIpc) is 2.81. The lowest BCUT2D eigenvalue weighted by molar-refractivity contribution is 0.0912. The molecule has 0 atom stereocenters. The summed E-state index contributed by atoms with van der Waals surface area (Å²) in [6, 6.07) is 21.6. The molecule has 0 saturated carbocycles. The number of pyridine rings is 1. The van der Waals surface area contributed by atoms with Crippen molar-refractivity contribution in [1.82, 2.24) is 20.3 Å². The highest BCUT2D eigenvalue weighted by atomic mass is 16.1. The maximum atomic E-state index is 13.1. The number of amides is 1. The highest BCUT2D eigenvalue weighted by Crippen LogP contribution is 2.24. The van der Waals surface area contributed by atoms with Gasteiger partial charge >= 0.3 is 0 Å². The normalized spacial score (nSPS) is 11.2. The molecule has 0 fully saturated rings. The maximum absolute atomic E-state index is 13.1. The molecular formula is C27H26N4O. The van der Waals surface area contributed by atoms with Crippen molar-refractivity contribution >= 4 is 5.91 Å². The van der Waals surface area contributed by atoms with Crippen LogP contribution in [0.4, 0.5) is 0 Å². The molecule has 0 aliphatic heterocycles. The third-order valence-corrected chi connectivity index (χ3v) is 5.64. The number of carbonyl (C=O) groups excluding carboxylic acids is 1. The van der Waals surface area contributed by atoms with Crippen molar-refractivity contribution < 1.29 is 4.79 Å². The zero-order chi connectivity index (χ0) is 22.6. The van der Waals surface area contributed by atoms with Crippen LogP contribution < -0.4 is 5.32 Å². The number of hydrogen-bond acceptors (Lipinski definition) is 4. The molecule has 160 valence electrons. The Morgan fingerprint density at radius 2 is 1.75 bits per heavy atom. The van der Waals surface area contributed by atoms with Gasteiger partial charge in [0.15, 0.2) is 0 Å². The summed E-state index contributed by atoms with van der Waals surface area (Å²) in [5, 5.41) is 3.17. The SMILES string of the molecule is Cc1ccc(C(=O)NC(C)(C)c2ccccc2)cc1Cc1ncccc1-c1ccncn1. The summed E-state index contributed by atoms with van der Waals surface area (Å²) in [5.41, 5.74) is 6.10. The van der Waals surface area contributed by atoms with E-state index in [0.29, 0.717) is 12.0 Å². The van der Waals surface area contributed by atoms with E-state index in [9.17, 15) is 4.79 Å². The molecule has 0 radical (unpaired) electrons. The number of aryl methyl sites for hydroxylation is 1. The van der Waals surface area contributed by atoms with Gasteiger partial charge in [0.2, 0.25) is 0 Å². The minimum absolute atomic E-state index is 0.0999. The molecule has 4 rings (SSSR count). The van der Waals surface area contributed by atoms with E-state index in [0.717, 1.165) is 33.6 Å². The van der Waals surface area contributed by atoms with Crippen LogP contribution in [0.1, 0.15) is 46.6 Å². The number of benzene rings is 2. The Labute approximate surface area is 188 Å². The molecule has 0 bridgehead atoms. The first-order valence-corrected chi connectivity index (χ1v) is 10.6. The fourth-order valence-electron chi connectivity index (χ4n) is 3.73. The zero-order valence-electron chi connectivity index (χ0n) is 18.5. The third kappa shape index (κ3) is 4.72. The summed E-state index contributed by atoms with van der Waals surface area (Å²) in [7, 11) is 0. The molecule has 2 heterocycles. The number of hydrogen-bond donors (Lipinski definition) is 1. The van der Waals surface area contributed by atoms with Crippen LogP contribution in [-0.4, -0.2) is 20.9 Å². The first kappa shape index (κ1) is 21.4. The van der Waals surface area contributed by atoms with Gasteiger partial charge in [-0.25, -0.2) is 9.97 Å². The molecule has 4 aromatic rings. The molecule has 0 aliphatic rings. The highest BCUT2D eigenvalue weighted by Gasteiger charge is 2.23. The van der Waals surface area contributed by atoms with Gasteiger partial charge in [-0.05, 0) is 67.8 Å². The van der Waals surface area contributed by atoms with E-state index in [1.165, 1.54) is 6.33 Å². The largest absolute Gasteiger partial charge is 0.343 e. The van der Waals surface area contributed by atoms with Crippen LogP contribution in [0, 0.1) is 6.92 Å². The fraction of sp³-hybridized carbons (Fsp3) is 0.185. The topological polar surface area (TPSA) is 67.8 Å². The Morgan fingerprint density at radius 1 is 0.938 bits per heavy atom. The van der Waals surface area contributed by atoms with Gasteiger partial charge in [0.05, 0.1) is 16.9 Å². The van der Waals surface area contributed by atoms with Crippen LogP contribution >= 0.6 is 0 Å². The molecule has 0 saturated heterocycles. The fourth-order valence-corrected chi connectivity index (χ4v) is 3.73. The predicted octanol–water partition coefficient (Wildman–Crippen LogP) is 5.10. The second-order valence-electron chi connectivity index (χ2n) is 8.36. The monoisotopic (exact) mass is 422 g/mol. The lowest BCUT2D eigenvalue weighted by Crippen LogP contribution is -2.41. The van der Waals surface area contributed by atoms with E-state index in [4.69, 9.17) is 0 Å². The summed E-state index contributed by atoms with van der Waals surface area (Å²) in [5.74, 6) is -0.0999. The predicted molar refractivity (Wildman–Crippen MR) is 126 cm³/mol. The van der Waals surface area contributed by atoms with E-state index >= 15 is 0 Å². The summed E-state index contributed by atoms with van der Waals surface area (Å²) in [6.07, 6.45) is 5.66. The number of carbonyl (C=O) groups is 1. The lowest BCUT2D eigenvalue weighted by Gasteiger charge is -2.27. The summed E-state index contributed by atoms with van der Waals surface area (Å²) < 4.78 is 0. The Balaban J connectivity index is 1.60. The first-order valence-electron chi connectivity index (χ1n) is 10.6. The van der Waals surface area contributed by atoms with Crippen molar-refractivity contribution in [1.29, 1.82) is 0 Å². The molecule has 5 nitrogen and oxygen atoms in total. The maximum Gasteiger partial charge on any atom is 0.251 e. The van der Waals surface area contributed by atoms with Gasteiger partial charge in [0, 0.05) is 29.9 Å². The molecule has 32 heavy (non-hydrogen) atoms. The zero-order valence-corrected chi connectivity index (χ0v) is 18.5. The van der Waals surface area contributed by atoms with Crippen molar-refractivity contribution in [2.75, 3.05) is 0 Å². The van der Waals surface area contributed by atoms with Gasteiger partial charge in [0.1, 0.15) is 6.33 Å². The van der Waals surface area contributed by atoms with Gasteiger partial charge in [0.25, 0.3) is 5.91 Å². The Kier molecular flexibility index (Phi) is 6.08. The number of nitrogens with one attached hydrogen (secondary N) is 1. The van der Waals surface area contributed by atoms with E-state index in [2.05, 4.69) is 27.2 Å². The minimum atomic E-state index is -0.482. The Bertz CT molecular complexity index is 1220. The summed E-state index contributed by atoms with van der Waals surface area (Å²) >= 11 is 0. The summed E-state index contributed by atoms with van der Waals surface area (Å²) in [6.45, 7) is 6.08. The van der Waals surface area contributed by atoms with Crippen molar-refractivity contribution in [2.45, 2.75) is 32.7 Å². The van der Waals surface area contributed by atoms with Gasteiger partial charge in [-0.3, -0.25) is 9.78 Å². The average molecular weight is 423 g/mol. The van der Waals surface area contributed by atoms with Crippen molar-refractivity contribution in [3.63, 3.8) is 0 Å².